The van der Waals surface area contributed by atoms with Gasteiger partial charge in [-0.2, -0.15) is 0 Å². The summed E-state index contributed by atoms with van der Waals surface area (Å²) < 4.78 is 14.0. The maximum absolute atomic E-state index is 13.0. The van der Waals surface area contributed by atoms with Crippen molar-refractivity contribution >= 4 is 26.7 Å². The minimum absolute atomic E-state index is 0.0941. The summed E-state index contributed by atoms with van der Waals surface area (Å²) in [5, 5.41) is 3.61. The summed E-state index contributed by atoms with van der Waals surface area (Å²) in [6.45, 7) is 2.98. The van der Waals surface area contributed by atoms with E-state index in [4.69, 9.17) is 0 Å². The van der Waals surface area contributed by atoms with Gasteiger partial charge in [-0.1, -0.05) is 53.2 Å². The maximum Gasteiger partial charge on any atom is 0.0630 e. The van der Waals surface area contributed by atoms with E-state index in [0.717, 1.165) is 22.3 Å². The molecule has 0 saturated carbocycles. The molecule has 3 unspecified atom stereocenters. The minimum Gasteiger partial charge on any atom is -0.309 e. The zero-order valence-corrected chi connectivity index (χ0v) is 14.3. The Bertz CT molecular complexity index is 673. The van der Waals surface area contributed by atoms with Gasteiger partial charge in [0.15, 0.2) is 0 Å². The Morgan fingerprint density at radius 3 is 2.81 bits per heavy atom. The van der Waals surface area contributed by atoms with Crippen LogP contribution in [0.4, 0.5) is 0 Å². The van der Waals surface area contributed by atoms with Crippen LogP contribution in [-0.4, -0.2) is 16.0 Å². The summed E-state index contributed by atoms with van der Waals surface area (Å²) >= 11 is 3.46. The van der Waals surface area contributed by atoms with Crippen molar-refractivity contribution in [3.8, 4) is 0 Å². The van der Waals surface area contributed by atoms with Crippen molar-refractivity contribution < 1.29 is 4.21 Å². The van der Waals surface area contributed by atoms with Gasteiger partial charge in [0.1, 0.15) is 0 Å². The summed E-state index contributed by atoms with van der Waals surface area (Å²) in [5.41, 5.74) is 2.62. The molecule has 1 aliphatic carbocycles. The van der Waals surface area contributed by atoms with Gasteiger partial charge in [-0.3, -0.25) is 4.21 Å². The molecule has 0 aliphatic heterocycles. The zero-order chi connectivity index (χ0) is 14.8. The van der Waals surface area contributed by atoms with Crippen LogP contribution < -0.4 is 5.32 Å². The summed E-state index contributed by atoms with van der Waals surface area (Å²) in [6, 6.07) is 16.4. The standard InChI is InChI=1S/C17H18BrNOS/c1-2-19-17-15-9-4-3-6-12(15)10-16(17)21(20)14-8-5-7-13(18)11-14/h3-9,11,16-17,19H,2,10H2,1H3. The highest BCUT2D eigenvalue weighted by molar-refractivity contribution is 9.10. The van der Waals surface area contributed by atoms with Gasteiger partial charge in [-0.25, -0.2) is 0 Å². The number of rotatable bonds is 4. The fourth-order valence-corrected chi connectivity index (χ4v) is 5.16. The quantitative estimate of drug-likeness (QED) is 0.893. The Balaban J connectivity index is 1.93. The summed E-state index contributed by atoms with van der Waals surface area (Å²) in [5.74, 6) is 0. The molecule has 0 aromatic heterocycles. The number of nitrogens with one attached hydrogen (secondary N) is 1. The van der Waals surface area contributed by atoms with Gasteiger partial charge in [0.2, 0.25) is 0 Å². The molecule has 0 spiro atoms. The van der Waals surface area contributed by atoms with Crippen molar-refractivity contribution in [2.24, 2.45) is 0 Å². The van der Waals surface area contributed by atoms with Crippen LogP contribution in [0.3, 0.4) is 0 Å². The third-order valence-corrected chi connectivity index (χ3v) is 6.11. The van der Waals surface area contributed by atoms with E-state index < -0.39 is 10.8 Å². The Labute approximate surface area is 136 Å². The molecule has 1 aliphatic rings. The number of fused-ring (bicyclic) bond motifs is 1. The van der Waals surface area contributed by atoms with Crippen LogP contribution in [0.25, 0.3) is 0 Å². The molecule has 1 N–H and O–H groups in total. The van der Waals surface area contributed by atoms with Gasteiger partial charge < -0.3 is 5.32 Å². The normalized spacial score (nSPS) is 22.0. The lowest BCUT2D eigenvalue weighted by Gasteiger charge is -2.21. The third-order valence-electron chi connectivity index (χ3n) is 3.91. The smallest absolute Gasteiger partial charge is 0.0630 e. The lowest BCUT2D eigenvalue weighted by molar-refractivity contribution is 0.546. The van der Waals surface area contributed by atoms with Crippen molar-refractivity contribution in [2.45, 2.75) is 29.5 Å². The largest absolute Gasteiger partial charge is 0.309 e. The molecule has 0 amide bonds. The van der Waals surface area contributed by atoms with Gasteiger partial charge in [0, 0.05) is 15.4 Å². The molecule has 4 heteroatoms. The summed E-state index contributed by atoms with van der Waals surface area (Å²) in [6.07, 6.45) is 0.868. The first-order valence-corrected chi connectivity index (χ1v) is 9.18. The van der Waals surface area contributed by atoms with Crippen LogP contribution in [-0.2, 0) is 17.2 Å². The molecule has 0 fully saturated rings. The van der Waals surface area contributed by atoms with E-state index in [-0.39, 0.29) is 11.3 Å². The fraction of sp³-hybridized carbons (Fsp3) is 0.294. The topological polar surface area (TPSA) is 29.1 Å². The van der Waals surface area contributed by atoms with Crippen LogP contribution >= 0.6 is 15.9 Å². The molecule has 2 aromatic rings. The van der Waals surface area contributed by atoms with Crippen molar-refractivity contribution in [3.63, 3.8) is 0 Å². The Kier molecular flexibility index (Phi) is 4.57. The second-order valence-electron chi connectivity index (χ2n) is 5.23. The van der Waals surface area contributed by atoms with Gasteiger partial charge >= 0.3 is 0 Å². The lowest BCUT2D eigenvalue weighted by Crippen LogP contribution is -2.31. The van der Waals surface area contributed by atoms with E-state index in [9.17, 15) is 4.21 Å². The third kappa shape index (κ3) is 2.98. The molecule has 0 heterocycles. The monoisotopic (exact) mass is 363 g/mol. The van der Waals surface area contributed by atoms with Crippen molar-refractivity contribution in [1.82, 2.24) is 5.32 Å². The van der Waals surface area contributed by atoms with Crippen LogP contribution in [0, 0.1) is 0 Å². The summed E-state index contributed by atoms with van der Waals surface area (Å²) in [7, 11) is -1.02. The van der Waals surface area contributed by atoms with Gasteiger partial charge in [-0.15, -0.1) is 0 Å². The minimum atomic E-state index is -1.02. The zero-order valence-electron chi connectivity index (χ0n) is 11.9. The molecule has 3 atom stereocenters. The van der Waals surface area contributed by atoms with Crippen LogP contribution in [0.2, 0.25) is 0 Å². The van der Waals surface area contributed by atoms with E-state index in [1.54, 1.807) is 0 Å². The molecule has 2 nitrogen and oxygen atoms in total. The van der Waals surface area contributed by atoms with E-state index in [1.165, 1.54) is 11.1 Å². The number of halogens is 1. The van der Waals surface area contributed by atoms with E-state index in [1.807, 2.05) is 24.3 Å². The van der Waals surface area contributed by atoms with E-state index in [0.29, 0.717) is 0 Å². The summed E-state index contributed by atoms with van der Waals surface area (Å²) in [4.78, 5) is 0.894. The average Bonchev–Trinajstić information content (AvgIpc) is 2.86. The predicted molar refractivity (Wildman–Crippen MR) is 90.9 cm³/mol. The van der Waals surface area contributed by atoms with Crippen molar-refractivity contribution in [2.75, 3.05) is 6.54 Å². The van der Waals surface area contributed by atoms with Gasteiger partial charge in [0.05, 0.1) is 16.0 Å². The van der Waals surface area contributed by atoms with Crippen molar-refractivity contribution in [1.29, 1.82) is 0 Å². The highest BCUT2D eigenvalue weighted by Crippen LogP contribution is 2.36. The molecule has 110 valence electrons. The Hall–Kier alpha value is -0.970. The van der Waals surface area contributed by atoms with E-state index in [2.05, 4.69) is 52.4 Å². The first-order chi connectivity index (χ1) is 10.2. The lowest BCUT2D eigenvalue weighted by atomic mass is 10.1. The SMILES string of the molecule is CCNC1c2ccccc2CC1S(=O)c1cccc(Br)c1. The van der Waals surface area contributed by atoms with Gasteiger partial charge in [-0.05, 0) is 42.3 Å². The molecule has 0 radical (unpaired) electrons. The maximum atomic E-state index is 13.0. The molecule has 2 aromatic carbocycles. The first-order valence-electron chi connectivity index (χ1n) is 7.18. The van der Waals surface area contributed by atoms with Crippen molar-refractivity contribution in [3.05, 3.63) is 64.1 Å². The first kappa shape index (κ1) is 14.9. The van der Waals surface area contributed by atoms with Crippen LogP contribution in [0.15, 0.2) is 57.9 Å². The molecule has 0 bridgehead atoms. The van der Waals surface area contributed by atoms with E-state index >= 15 is 0 Å². The van der Waals surface area contributed by atoms with Crippen LogP contribution in [0.5, 0.6) is 0 Å². The second kappa shape index (κ2) is 6.42. The predicted octanol–water partition coefficient (Wildman–Crippen LogP) is 3.83. The molecule has 3 rings (SSSR count). The fourth-order valence-electron chi connectivity index (χ4n) is 2.99. The number of hydrogen-bond acceptors (Lipinski definition) is 2. The molecule has 21 heavy (non-hydrogen) atoms. The molecular weight excluding hydrogens is 346 g/mol. The number of hydrogen-bond donors (Lipinski definition) is 1. The molecular formula is C17H18BrNOS. The number of benzene rings is 2. The Morgan fingerprint density at radius 1 is 1.24 bits per heavy atom. The Morgan fingerprint density at radius 2 is 2.05 bits per heavy atom. The van der Waals surface area contributed by atoms with Crippen LogP contribution in [0.1, 0.15) is 24.1 Å². The average molecular weight is 364 g/mol. The van der Waals surface area contributed by atoms with Gasteiger partial charge in [0.25, 0.3) is 0 Å². The highest BCUT2D eigenvalue weighted by atomic mass is 79.9. The molecule has 0 saturated heterocycles. The highest BCUT2D eigenvalue weighted by Gasteiger charge is 2.36. The second-order valence-corrected chi connectivity index (χ2v) is 7.82.